The van der Waals surface area contributed by atoms with Crippen molar-refractivity contribution in [2.45, 2.75) is 31.6 Å². The van der Waals surface area contributed by atoms with Crippen molar-refractivity contribution in [3.8, 4) is 5.75 Å². The first kappa shape index (κ1) is 13.9. The van der Waals surface area contributed by atoms with Crippen molar-refractivity contribution < 1.29 is 9.47 Å². The molecule has 0 spiro atoms. The fraction of sp³-hybridized carbons (Fsp3) is 0.647. The Kier molecular flexibility index (Phi) is 4.27. The van der Waals surface area contributed by atoms with Crippen LogP contribution >= 0.6 is 0 Å². The van der Waals surface area contributed by atoms with Crippen molar-refractivity contribution in [3.05, 3.63) is 29.8 Å². The van der Waals surface area contributed by atoms with E-state index in [0.717, 1.165) is 32.1 Å². The predicted molar refractivity (Wildman–Crippen MR) is 80.3 cm³/mol. The molecular weight excluding hydrogens is 250 g/mol. The van der Waals surface area contributed by atoms with Crippen LogP contribution in [0.3, 0.4) is 0 Å². The topological polar surface area (TPSA) is 30.5 Å². The molecule has 20 heavy (non-hydrogen) atoms. The molecule has 3 rings (SSSR count). The molecule has 0 aromatic heterocycles. The third-order valence-corrected chi connectivity index (χ3v) is 4.88. The van der Waals surface area contributed by atoms with E-state index in [-0.39, 0.29) is 0 Å². The third-order valence-electron chi connectivity index (χ3n) is 4.88. The van der Waals surface area contributed by atoms with Gasteiger partial charge in [-0.25, -0.2) is 0 Å². The van der Waals surface area contributed by atoms with Gasteiger partial charge in [0.15, 0.2) is 0 Å². The molecule has 1 atom stereocenters. The summed E-state index contributed by atoms with van der Waals surface area (Å²) in [4.78, 5) is 0. The number of hydrogen-bond donors (Lipinski definition) is 1. The molecule has 1 aromatic carbocycles. The van der Waals surface area contributed by atoms with E-state index in [1.54, 1.807) is 7.11 Å². The zero-order valence-corrected chi connectivity index (χ0v) is 12.4. The van der Waals surface area contributed by atoms with Crippen molar-refractivity contribution in [3.63, 3.8) is 0 Å². The van der Waals surface area contributed by atoms with Crippen LogP contribution in [0.5, 0.6) is 5.75 Å². The lowest BCUT2D eigenvalue weighted by atomic mass is 9.63. The lowest BCUT2D eigenvalue weighted by molar-refractivity contribution is 0.0965. The molecule has 1 heterocycles. The zero-order chi connectivity index (χ0) is 13.8. The van der Waals surface area contributed by atoms with E-state index in [0.29, 0.717) is 11.3 Å². The van der Waals surface area contributed by atoms with Gasteiger partial charge in [-0.15, -0.1) is 0 Å². The standard InChI is InChI=1S/C17H25NO2/c1-19-10-9-18-13-17(7-4-8-17)11-14-12-20-16-6-3-2-5-15(14)16/h2-3,5-6,14,18H,4,7-13H2,1H3. The van der Waals surface area contributed by atoms with Crippen LogP contribution in [-0.4, -0.2) is 33.4 Å². The van der Waals surface area contributed by atoms with E-state index in [1.165, 1.54) is 31.2 Å². The van der Waals surface area contributed by atoms with Gasteiger partial charge in [-0.2, -0.15) is 0 Å². The Labute approximate surface area is 121 Å². The van der Waals surface area contributed by atoms with Gasteiger partial charge >= 0.3 is 0 Å². The Morgan fingerprint density at radius 1 is 1.35 bits per heavy atom. The summed E-state index contributed by atoms with van der Waals surface area (Å²) in [6.45, 7) is 3.73. The molecule has 110 valence electrons. The second-order valence-corrected chi connectivity index (χ2v) is 6.27. The molecule has 1 fully saturated rings. The van der Waals surface area contributed by atoms with E-state index in [1.807, 2.05) is 0 Å². The van der Waals surface area contributed by atoms with Gasteiger partial charge in [0.05, 0.1) is 13.2 Å². The molecule has 1 aliphatic carbocycles. The van der Waals surface area contributed by atoms with Gasteiger partial charge < -0.3 is 14.8 Å². The summed E-state index contributed by atoms with van der Waals surface area (Å²) in [5.74, 6) is 1.68. The molecule has 1 saturated carbocycles. The molecule has 0 amide bonds. The average Bonchev–Trinajstić information content (AvgIpc) is 2.84. The number of nitrogens with one attached hydrogen (secondary N) is 1. The van der Waals surface area contributed by atoms with Crippen LogP contribution in [0.1, 0.15) is 37.2 Å². The lowest BCUT2D eigenvalue weighted by Gasteiger charge is -2.44. The molecular formula is C17H25NO2. The van der Waals surface area contributed by atoms with Crippen LogP contribution in [0, 0.1) is 5.41 Å². The minimum absolute atomic E-state index is 0.485. The normalized spacial score (nSPS) is 22.9. The van der Waals surface area contributed by atoms with Gasteiger partial charge in [-0.3, -0.25) is 0 Å². The fourth-order valence-corrected chi connectivity index (χ4v) is 3.58. The van der Waals surface area contributed by atoms with E-state index in [4.69, 9.17) is 9.47 Å². The van der Waals surface area contributed by atoms with Crippen LogP contribution in [0.2, 0.25) is 0 Å². The molecule has 1 aromatic rings. The maximum atomic E-state index is 5.83. The van der Waals surface area contributed by atoms with Gasteiger partial charge in [-0.1, -0.05) is 24.6 Å². The van der Waals surface area contributed by atoms with E-state index in [2.05, 4.69) is 29.6 Å². The largest absolute Gasteiger partial charge is 0.493 e. The predicted octanol–water partition coefficient (Wildman–Crippen LogP) is 2.96. The molecule has 1 unspecified atom stereocenters. The Morgan fingerprint density at radius 3 is 2.95 bits per heavy atom. The molecule has 0 radical (unpaired) electrons. The smallest absolute Gasteiger partial charge is 0.122 e. The van der Waals surface area contributed by atoms with Crippen molar-refractivity contribution >= 4 is 0 Å². The molecule has 3 heteroatoms. The minimum Gasteiger partial charge on any atom is -0.493 e. The highest BCUT2D eigenvalue weighted by atomic mass is 16.5. The van der Waals surface area contributed by atoms with Crippen LogP contribution in [-0.2, 0) is 4.74 Å². The number of rotatable bonds is 7. The highest BCUT2D eigenvalue weighted by Gasteiger charge is 2.40. The van der Waals surface area contributed by atoms with Crippen LogP contribution in [0.15, 0.2) is 24.3 Å². The van der Waals surface area contributed by atoms with Gasteiger partial charge in [0.25, 0.3) is 0 Å². The van der Waals surface area contributed by atoms with Gasteiger partial charge in [0.1, 0.15) is 5.75 Å². The molecule has 0 saturated heterocycles. The quantitative estimate of drug-likeness (QED) is 0.776. The van der Waals surface area contributed by atoms with Crippen molar-refractivity contribution in [1.82, 2.24) is 5.32 Å². The second-order valence-electron chi connectivity index (χ2n) is 6.27. The second kappa shape index (κ2) is 6.15. The summed E-state index contributed by atoms with van der Waals surface area (Å²) in [6, 6.07) is 8.52. The summed E-state index contributed by atoms with van der Waals surface area (Å²) in [6.07, 6.45) is 5.34. The molecule has 1 aliphatic heterocycles. The Bertz CT molecular complexity index is 442. The highest BCUT2D eigenvalue weighted by molar-refractivity contribution is 5.39. The molecule has 1 N–H and O–H groups in total. The van der Waals surface area contributed by atoms with E-state index >= 15 is 0 Å². The summed E-state index contributed by atoms with van der Waals surface area (Å²) in [5, 5.41) is 3.56. The summed E-state index contributed by atoms with van der Waals surface area (Å²) in [5.41, 5.74) is 1.90. The third kappa shape index (κ3) is 2.84. The first-order valence-electron chi connectivity index (χ1n) is 7.74. The van der Waals surface area contributed by atoms with Crippen molar-refractivity contribution in [2.75, 3.05) is 33.4 Å². The van der Waals surface area contributed by atoms with Crippen molar-refractivity contribution in [2.24, 2.45) is 5.41 Å². The highest BCUT2D eigenvalue weighted by Crippen LogP contribution is 2.49. The molecule has 0 bridgehead atoms. The number of methoxy groups -OCH3 is 1. The van der Waals surface area contributed by atoms with Gasteiger partial charge in [-0.05, 0) is 30.7 Å². The first-order chi connectivity index (χ1) is 9.83. The maximum absolute atomic E-state index is 5.83. The Morgan fingerprint density at radius 2 is 2.20 bits per heavy atom. The van der Waals surface area contributed by atoms with Gasteiger partial charge in [0, 0.05) is 31.7 Å². The number of benzene rings is 1. The summed E-state index contributed by atoms with van der Waals surface area (Å²) < 4.78 is 10.9. The average molecular weight is 275 g/mol. The SMILES string of the molecule is COCCNCC1(CC2COc3ccccc32)CCC1. The maximum Gasteiger partial charge on any atom is 0.122 e. The van der Waals surface area contributed by atoms with Gasteiger partial charge in [0.2, 0.25) is 0 Å². The van der Waals surface area contributed by atoms with E-state index < -0.39 is 0 Å². The number of ether oxygens (including phenoxy) is 2. The Hall–Kier alpha value is -1.06. The molecule has 2 aliphatic rings. The summed E-state index contributed by atoms with van der Waals surface area (Å²) >= 11 is 0. The summed E-state index contributed by atoms with van der Waals surface area (Å²) in [7, 11) is 1.76. The van der Waals surface area contributed by atoms with Crippen LogP contribution in [0.25, 0.3) is 0 Å². The zero-order valence-electron chi connectivity index (χ0n) is 12.4. The number of para-hydroxylation sites is 1. The van der Waals surface area contributed by atoms with E-state index in [9.17, 15) is 0 Å². The molecule has 3 nitrogen and oxygen atoms in total. The Balaban J connectivity index is 1.58. The monoisotopic (exact) mass is 275 g/mol. The minimum atomic E-state index is 0.485. The number of fused-ring (bicyclic) bond motifs is 1. The van der Waals surface area contributed by atoms with Crippen LogP contribution < -0.4 is 10.1 Å². The lowest BCUT2D eigenvalue weighted by Crippen LogP contribution is -2.42. The first-order valence-corrected chi connectivity index (χ1v) is 7.74. The van der Waals surface area contributed by atoms with Crippen molar-refractivity contribution in [1.29, 1.82) is 0 Å². The van der Waals surface area contributed by atoms with Crippen LogP contribution in [0.4, 0.5) is 0 Å². The fourth-order valence-electron chi connectivity index (χ4n) is 3.58. The number of hydrogen-bond acceptors (Lipinski definition) is 3.